The Hall–Kier alpha value is -1.89. The average molecular weight is 266 g/mol. The molecule has 0 aromatic carbocycles. The van der Waals surface area contributed by atoms with E-state index in [0.29, 0.717) is 18.1 Å². The molecule has 1 saturated heterocycles. The van der Waals surface area contributed by atoms with Gasteiger partial charge in [0.05, 0.1) is 13.3 Å². The number of anilines is 2. The van der Waals surface area contributed by atoms with E-state index in [1.54, 1.807) is 4.90 Å². The summed E-state index contributed by atoms with van der Waals surface area (Å²) in [6.07, 6.45) is 2.82. The minimum atomic E-state index is -0.378. The molecule has 1 aromatic rings. The van der Waals surface area contributed by atoms with Crippen LogP contribution in [0.3, 0.4) is 0 Å². The van der Waals surface area contributed by atoms with Gasteiger partial charge in [-0.25, -0.2) is 4.98 Å². The number of carbonyl (C=O) groups is 1. The number of nitrogens with zero attached hydrogens (tertiary/aromatic N) is 3. The molecule has 104 valence electrons. The lowest BCUT2D eigenvalue weighted by atomic mass is 10.2. The topological polar surface area (TPSA) is 76.6 Å². The highest BCUT2D eigenvalue weighted by molar-refractivity contribution is 5.96. The maximum absolute atomic E-state index is 12.0. The van der Waals surface area contributed by atoms with Gasteiger partial charge in [0.1, 0.15) is 11.8 Å². The van der Waals surface area contributed by atoms with Crippen LogP contribution in [0.4, 0.5) is 11.5 Å². The molecular weight excluding hydrogens is 248 g/mol. The van der Waals surface area contributed by atoms with Gasteiger partial charge in [0.25, 0.3) is 5.91 Å². The molecule has 1 aliphatic heterocycles. The molecule has 0 radical (unpaired) electrons. The molecule has 0 spiro atoms. The molecule has 1 aliphatic rings. The summed E-state index contributed by atoms with van der Waals surface area (Å²) in [5.41, 5.74) is 0.548. The molecule has 1 N–H and O–H groups in total. The quantitative estimate of drug-likeness (QED) is 0.863. The van der Waals surface area contributed by atoms with Gasteiger partial charge < -0.3 is 19.7 Å². The van der Waals surface area contributed by atoms with Gasteiger partial charge in [-0.3, -0.25) is 4.79 Å². The fourth-order valence-corrected chi connectivity index (χ4v) is 1.88. The van der Waals surface area contributed by atoms with Crippen LogP contribution in [0.1, 0.15) is 12.8 Å². The van der Waals surface area contributed by atoms with Crippen molar-refractivity contribution in [1.29, 1.82) is 0 Å². The highest BCUT2D eigenvalue weighted by Gasteiger charge is 2.24. The van der Waals surface area contributed by atoms with E-state index in [4.69, 9.17) is 9.47 Å². The lowest BCUT2D eigenvalue weighted by Gasteiger charge is -2.18. The zero-order valence-corrected chi connectivity index (χ0v) is 11.3. The third kappa shape index (κ3) is 3.11. The molecule has 2 heterocycles. The van der Waals surface area contributed by atoms with Gasteiger partial charge in [-0.05, 0) is 12.8 Å². The summed E-state index contributed by atoms with van der Waals surface area (Å²) in [5, 5.41) is 2.80. The van der Waals surface area contributed by atoms with Crippen molar-refractivity contribution in [2.75, 3.05) is 38.0 Å². The van der Waals surface area contributed by atoms with Gasteiger partial charge >= 0.3 is 6.01 Å². The summed E-state index contributed by atoms with van der Waals surface area (Å²) in [6, 6.07) is 0.263. The Morgan fingerprint density at radius 2 is 2.37 bits per heavy atom. The van der Waals surface area contributed by atoms with E-state index in [-0.39, 0.29) is 18.0 Å². The number of amides is 1. The number of hydrogen-bond acceptors (Lipinski definition) is 6. The molecule has 0 saturated carbocycles. The number of methoxy groups -OCH3 is 1. The zero-order chi connectivity index (χ0) is 13.8. The second kappa shape index (κ2) is 5.83. The van der Waals surface area contributed by atoms with Crippen LogP contribution in [0.5, 0.6) is 6.01 Å². The molecule has 19 heavy (non-hydrogen) atoms. The Morgan fingerprint density at radius 1 is 1.58 bits per heavy atom. The van der Waals surface area contributed by atoms with Gasteiger partial charge in [0.2, 0.25) is 0 Å². The summed E-state index contributed by atoms with van der Waals surface area (Å²) in [7, 11) is 5.17. The Balaban J connectivity index is 2.16. The molecule has 1 amide bonds. The highest BCUT2D eigenvalue weighted by atomic mass is 16.5. The smallest absolute Gasteiger partial charge is 0.318 e. The molecular formula is C12H18N4O3. The standard InChI is InChI=1S/C12H18N4O3/c1-16(2)10-8(7-13-12(15-10)18-3)14-11(17)9-5-4-6-19-9/h7,9H,4-6H2,1-3H3,(H,14,17). The van der Waals surface area contributed by atoms with Gasteiger partial charge in [-0.1, -0.05) is 0 Å². The van der Waals surface area contributed by atoms with E-state index in [0.717, 1.165) is 12.8 Å². The first-order valence-corrected chi connectivity index (χ1v) is 6.12. The van der Waals surface area contributed by atoms with Crippen LogP contribution in [0.15, 0.2) is 6.20 Å². The van der Waals surface area contributed by atoms with Crippen molar-refractivity contribution in [3.8, 4) is 6.01 Å². The third-order valence-corrected chi connectivity index (χ3v) is 2.83. The monoisotopic (exact) mass is 266 g/mol. The third-order valence-electron chi connectivity index (χ3n) is 2.83. The van der Waals surface area contributed by atoms with Crippen LogP contribution in [0, 0.1) is 0 Å². The van der Waals surface area contributed by atoms with E-state index in [1.807, 2.05) is 14.1 Å². The van der Waals surface area contributed by atoms with Gasteiger partial charge in [-0.2, -0.15) is 4.98 Å². The molecule has 1 atom stereocenters. The van der Waals surface area contributed by atoms with Gasteiger partial charge in [0, 0.05) is 20.7 Å². The predicted molar refractivity (Wildman–Crippen MR) is 70.5 cm³/mol. The van der Waals surface area contributed by atoms with Crippen molar-refractivity contribution in [3.63, 3.8) is 0 Å². The van der Waals surface area contributed by atoms with Crippen molar-refractivity contribution in [2.24, 2.45) is 0 Å². The van der Waals surface area contributed by atoms with Gasteiger partial charge in [0.15, 0.2) is 5.82 Å². The van der Waals surface area contributed by atoms with Crippen LogP contribution in [-0.4, -0.2) is 49.8 Å². The highest BCUT2D eigenvalue weighted by Crippen LogP contribution is 2.24. The molecule has 0 aliphatic carbocycles. The second-order valence-corrected chi connectivity index (χ2v) is 4.48. The Morgan fingerprint density at radius 3 is 2.95 bits per heavy atom. The normalized spacial score (nSPS) is 18.2. The van der Waals surface area contributed by atoms with E-state index >= 15 is 0 Å². The number of rotatable bonds is 4. The molecule has 1 aromatic heterocycles. The summed E-state index contributed by atoms with van der Waals surface area (Å²) in [4.78, 5) is 22.0. The van der Waals surface area contributed by atoms with Crippen LogP contribution in [0.25, 0.3) is 0 Å². The van der Waals surface area contributed by atoms with E-state index in [1.165, 1.54) is 13.3 Å². The molecule has 7 nitrogen and oxygen atoms in total. The lowest BCUT2D eigenvalue weighted by Crippen LogP contribution is -2.28. The van der Waals surface area contributed by atoms with Crippen LogP contribution in [0.2, 0.25) is 0 Å². The number of carbonyl (C=O) groups excluding carboxylic acids is 1. The fourth-order valence-electron chi connectivity index (χ4n) is 1.88. The molecule has 2 rings (SSSR count). The van der Waals surface area contributed by atoms with Gasteiger partial charge in [-0.15, -0.1) is 0 Å². The first kappa shape index (κ1) is 13.5. The maximum atomic E-state index is 12.0. The Labute approximate surface area is 111 Å². The number of ether oxygens (including phenoxy) is 2. The van der Waals surface area contributed by atoms with Crippen LogP contribution in [-0.2, 0) is 9.53 Å². The maximum Gasteiger partial charge on any atom is 0.318 e. The first-order valence-electron chi connectivity index (χ1n) is 6.12. The second-order valence-electron chi connectivity index (χ2n) is 4.48. The molecule has 1 fully saturated rings. The summed E-state index contributed by atoms with van der Waals surface area (Å²) in [5.74, 6) is 0.438. The van der Waals surface area contributed by atoms with Crippen LogP contribution < -0.4 is 15.0 Å². The van der Waals surface area contributed by atoms with Crippen molar-refractivity contribution in [3.05, 3.63) is 6.20 Å². The van der Waals surface area contributed by atoms with E-state index < -0.39 is 0 Å². The minimum absolute atomic E-state index is 0.158. The van der Waals surface area contributed by atoms with Crippen LogP contribution >= 0.6 is 0 Å². The number of nitrogens with one attached hydrogen (secondary N) is 1. The van der Waals surface area contributed by atoms with E-state index in [9.17, 15) is 4.79 Å². The molecule has 0 bridgehead atoms. The largest absolute Gasteiger partial charge is 0.467 e. The van der Waals surface area contributed by atoms with E-state index in [2.05, 4.69) is 15.3 Å². The number of hydrogen-bond donors (Lipinski definition) is 1. The average Bonchev–Trinajstić information content (AvgIpc) is 2.92. The lowest BCUT2D eigenvalue weighted by molar-refractivity contribution is -0.124. The van der Waals surface area contributed by atoms with Crippen molar-refractivity contribution in [1.82, 2.24) is 9.97 Å². The SMILES string of the molecule is COc1ncc(NC(=O)C2CCCO2)c(N(C)C)n1. The fraction of sp³-hybridized carbons (Fsp3) is 0.583. The van der Waals surface area contributed by atoms with Crippen molar-refractivity contribution < 1.29 is 14.3 Å². The predicted octanol–water partition coefficient (Wildman–Crippen LogP) is 0.669. The first-order chi connectivity index (χ1) is 9.11. The Kier molecular flexibility index (Phi) is 4.16. The minimum Gasteiger partial charge on any atom is -0.467 e. The Bertz CT molecular complexity index is 458. The van der Waals surface area contributed by atoms with Crippen molar-refractivity contribution in [2.45, 2.75) is 18.9 Å². The summed E-state index contributed by atoms with van der Waals surface area (Å²) >= 11 is 0. The molecule has 1 unspecified atom stereocenters. The number of aromatic nitrogens is 2. The summed E-state index contributed by atoms with van der Waals surface area (Å²) in [6.45, 7) is 0.637. The van der Waals surface area contributed by atoms with Crippen molar-refractivity contribution >= 4 is 17.4 Å². The zero-order valence-electron chi connectivity index (χ0n) is 11.3. The molecule has 7 heteroatoms. The summed E-state index contributed by atoms with van der Waals surface area (Å²) < 4.78 is 10.3.